The average Bonchev–Trinajstić information content (AvgIpc) is 2.89. The zero-order valence-electron chi connectivity index (χ0n) is 10.2. The van der Waals surface area contributed by atoms with Gasteiger partial charge in [-0.1, -0.05) is 47.6 Å². The quantitative estimate of drug-likeness (QED) is 0.807. The number of carboxylic acids is 1. The van der Waals surface area contributed by atoms with Gasteiger partial charge < -0.3 is 14.4 Å². The summed E-state index contributed by atoms with van der Waals surface area (Å²) >= 11 is 0. The van der Waals surface area contributed by atoms with E-state index in [1.807, 2.05) is 42.5 Å². The SMILES string of the molecule is O=C(O)c1cc(COCC=Cc2ccccc2)on1. The zero-order valence-corrected chi connectivity index (χ0v) is 10.2. The Hall–Kier alpha value is -2.40. The molecule has 0 aliphatic heterocycles. The molecule has 0 saturated carbocycles. The molecule has 1 N–H and O–H groups in total. The third kappa shape index (κ3) is 4.08. The molecular formula is C14H13NO4. The van der Waals surface area contributed by atoms with Crippen LogP contribution in [-0.2, 0) is 11.3 Å². The van der Waals surface area contributed by atoms with Gasteiger partial charge in [0.15, 0.2) is 11.5 Å². The van der Waals surface area contributed by atoms with Crippen LogP contribution in [0.15, 0.2) is 47.0 Å². The van der Waals surface area contributed by atoms with Crippen molar-refractivity contribution in [3.05, 3.63) is 59.5 Å². The third-order valence-corrected chi connectivity index (χ3v) is 2.35. The molecule has 1 aromatic carbocycles. The van der Waals surface area contributed by atoms with Gasteiger partial charge in [-0.2, -0.15) is 0 Å². The molecule has 1 aromatic heterocycles. The number of hydrogen-bond acceptors (Lipinski definition) is 4. The summed E-state index contributed by atoms with van der Waals surface area (Å²) in [6.07, 6.45) is 3.83. The second kappa shape index (κ2) is 6.51. The fraction of sp³-hybridized carbons (Fsp3) is 0.143. The monoisotopic (exact) mass is 259 g/mol. The smallest absolute Gasteiger partial charge is 0.358 e. The van der Waals surface area contributed by atoms with Crippen LogP contribution in [-0.4, -0.2) is 22.8 Å². The maximum absolute atomic E-state index is 10.6. The molecule has 0 spiro atoms. The van der Waals surface area contributed by atoms with E-state index in [2.05, 4.69) is 5.16 Å². The van der Waals surface area contributed by atoms with Gasteiger partial charge in [-0.05, 0) is 5.56 Å². The lowest BCUT2D eigenvalue weighted by Gasteiger charge is -1.96. The second-order valence-corrected chi connectivity index (χ2v) is 3.81. The average molecular weight is 259 g/mol. The van der Waals surface area contributed by atoms with Gasteiger partial charge in [0, 0.05) is 6.07 Å². The number of nitrogens with zero attached hydrogens (tertiary/aromatic N) is 1. The molecule has 0 aliphatic carbocycles. The van der Waals surface area contributed by atoms with E-state index in [-0.39, 0.29) is 12.3 Å². The van der Waals surface area contributed by atoms with E-state index in [1.165, 1.54) is 6.07 Å². The number of rotatable bonds is 6. The van der Waals surface area contributed by atoms with Crippen molar-refractivity contribution in [1.82, 2.24) is 5.16 Å². The van der Waals surface area contributed by atoms with E-state index in [4.69, 9.17) is 14.4 Å². The fourth-order valence-electron chi connectivity index (χ4n) is 1.46. The first-order valence-corrected chi connectivity index (χ1v) is 5.74. The standard InChI is InChI=1S/C14H13NO4/c16-14(17)13-9-12(19-15-13)10-18-8-4-7-11-5-2-1-3-6-11/h1-7,9H,8,10H2,(H,16,17). The van der Waals surface area contributed by atoms with Gasteiger partial charge in [-0.25, -0.2) is 4.79 Å². The van der Waals surface area contributed by atoms with Crippen LogP contribution in [0.3, 0.4) is 0 Å². The van der Waals surface area contributed by atoms with Gasteiger partial charge in [-0.15, -0.1) is 0 Å². The summed E-state index contributed by atoms with van der Waals surface area (Å²) in [5, 5.41) is 12.0. The largest absolute Gasteiger partial charge is 0.476 e. The van der Waals surface area contributed by atoms with Gasteiger partial charge in [0.1, 0.15) is 6.61 Å². The van der Waals surface area contributed by atoms with Crippen LogP contribution in [0, 0.1) is 0 Å². The number of aromatic nitrogens is 1. The molecule has 1 heterocycles. The summed E-state index contributed by atoms with van der Waals surface area (Å²) in [5.74, 6) is -0.718. The lowest BCUT2D eigenvalue weighted by Crippen LogP contribution is -1.95. The van der Waals surface area contributed by atoms with Crippen molar-refractivity contribution < 1.29 is 19.2 Å². The van der Waals surface area contributed by atoms with Crippen molar-refractivity contribution >= 4 is 12.0 Å². The Labute approximate surface area is 110 Å². The minimum absolute atomic E-state index is 0.113. The first kappa shape index (κ1) is 13.0. The van der Waals surface area contributed by atoms with Crippen LogP contribution < -0.4 is 0 Å². The molecule has 0 radical (unpaired) electrons. The highest BCUT2D eigenvalue weighted by Gasteiger charge is 2.09. The molecule has 0 bridgehead atoms. The predicted octanol–water partition coefficient (Wildman–Crippen LogP) is 2.60. The van der Waals surface area contributed by atoms with Crippen LogP contribution >= 0.6 is 0 Å². The van der Waals surface area contributed by atoms with Crippen LogP contribution in [0.25, 0.3) is 6.08 Å². The van der Waals surface area contributed by atoms with Crippen LogP contribution in [0.1, 0.15) is 21.8 Å². The Morgan fingerprint density at radius 1 is 1.37 bits per heavy atom. The van der Waals surface area contributed by atoms with Gasteiger partial charge in [0.25, 0.3) is 0 Å². The second-order valence-electron chi connectivity index (χ2n) is 3.81. The Morgan fingerprint density at radius 3 is 2.84 bits per heavy atom. The Kier molecular flexibility index (Phi) is 4.47. The van der Waals surface area contributed by atoms with Crippen molar-refractivity contribution in [1.29, 1.82) is 0 Å². The maximum atomic E-state index is 10.6. The number of ether oxygens (including phenoxy) is 1. The third-order valence-electron chi connectivity index (χ3n) is 2.35. The van der Waals surface area contributed by atoms with E-state index < -0.39 is 5.97 Å². The lowest BCUT2D eigenvalue weighted by atomic mass is 10.2. The molecule has 0 fully saturated rings. The van der Waals surface area contributed by atoms with Crippen molar-refractivity contribution in [3.8, 4) is 0 Å². The number of hydrogen-bond donors (Lipinski definition) is 1. The molecule has 5 heteroatoms. The van der Waals surface area contributed by atoms with E-state index in [9.17, 15) is 4.79 Å². The summed E-state index contributed by atoms with van der Waals surface area (Å²) in [4.78, 5) is 10.6. The molecule has 19 heavy (non-hydrogen) atoms. The molecule has 2 rings (SSSR count). The Balaban J connectivity index is 1.74. The summed E-state index contributed by atoms with van der Waals surface area (Å²) < 4.78 is 10.1. The van der Waals surface area contributed by atoms with E-state index in [1.54, 1.807) is 0 Å². The molecule has 2 aromatic rings. The summed E-state index contributed by atoms with van der Waals surface area (Å²) in [7, 11) is 0. The summed E-state index contributed by atoms with van der Waals surface area (Å²) in [5.41, 5.74) is 0.984. The number of aromatic carboxylic acids is 1. The molecule has 0 atom stereocenters. The topological polar surface area (TPSA) is 72.6 Å². The predicted molar refractivity (Wildman–Crippen MR) is 68.6 cm³/mol. The van der Waals surface area contributed by atoms with Gasteiger partial charge in [-0.3, -0.25) is 0 Å². The molecule has 98 valence electrons. The maximum Gasteiger partial charge on any atom is 0.358 e. The highest BCUT2D eigenvalue weighted by molar-refractivity contribution is 5.85. The number of carboxylic acid groups (broad SMARTS) is 1. The lowest BCUT2D eigenvalue weighted by molar-refractivity contribution is 0.0685. The molecule has 0 amide bonds. The van der Waals surface area contributed by atoms with Crippen LogP contribution in [0.4, 0.5) is 0 Å². The molecular weight excluding hydrogens is 246 g/mol. The van der Waals surface area contributed by atoms with Gasteiger partial charge in [0.2, 0.25) is 0 Å². The van der Waals surface area contributed by atoms with Crippen molar-refractivity contribution in [2.24, 2.45) is 0 Å². The Morgan fingerprint density at radius 2 is 2.16 bits per heavy atom. The fourth-order valence-corrected chi connectivity index (χ4v) is 1.46. The minimum Gasteiger partial charge on any atom is -0.476 e. The number of carbonyl (C=O) groups is 1. The van der Waals surface area contributed by atoms with E-state index in [0.717, 1.165) is 5.56 Å². The molecule has 5 nitrogen and oxygen atoms in total. The van der Waals surface area contributed by atoms with Gasteiger partial charge >= 0.3 is 5.97 Å². The van der Waals surface area contributed by atoms with Crippen LogP contribution in [0.5, 0.6) is 0 Å². The zero-order chi connectivity index (χ0) is 13.5. The highest BCUT2D eigenvalue weighted by atomic mass is 16.5. The first-order chi connectivity index (χ1) is 9.25. The van der Waals surface area contributed by atoms with E-state index >= 15 is 0 Å². The highest BCUT2D eigenvalue weighted by Crippen LogP contribution is 2.05. The molecule has 0 saturated heterocycles. The van der Waals surface area contributed by atoms with Gasteiger partial charge in [0.05, 0.1) is 6.61 Å². The van der Waals surface area contributed by atoms with Crippen LogP contribution in [0.2, 0.25) is 0 Å². The normalized spacial score (nSPS) is 10.9. The summed E-state index contributed by atoms with van der Waals surface area (Å²) in [6.45, 7) is 0.609. The van der Waals surface area contributed by atoms with E-state index in [0.29, 0.717) is 12.4 Å². The molecule has 0 unspecified atom stereocenters. The first-order valence-electron chi connectivity index (χ1n) is 5.74. The van der Waals surface area contributed by atoms with Crippen molar-refractivity contribution in [2.75, 3.05) is 6.61 Å². The van der Waals surface area contributed by atoms with Crippen molar-refractivity contribution in [3.63, 3.8) is 0 Å². The van der Waals surface area contributed by atoms with Crippen molar-refractivity contribution in [2.45, 2.75) is 6.61 Å². The Bertz CT molecular complexity index is 560. The minimum atomic E-state index is -1.11. The molecule has 0 aliphatic rings. The summed E-state index contributed by atoms with van der Waals surface area (Å²) in [6, 6.07) is 11.2. The number of benzene rings is 1.